The van der Waals surface area contributed by atoms with Crippen molar-refractivity contribution in [1.82, 2.24) is 4.90 Å². The summed E-state index contributed by atoms with van der Waals surface area (Å²) in [4.78, 5) is 26.6. The Kier molecular flexibility index (Phi) is 2.90. The molecule has 1 heterocycles. The van der Waals surface area contributed by atoms with Crippen molar-refractivity contribution in [2.24, 2.45) is 23.7 Å². The number of rotatable bonds is 3. The van der Waals surface area contributed by atoms with Gasteiger partial charge >= 0.3 is 0 Å². The van der Waals surface area contributed by atoms with Crippen molar-refractivity contribution >= 4 is 17.5 Å². The molecule has 0 spiro atoms. The third-order valence-corrected chi connectivity index (χ3v) is 5.59. The van der Waals surface area contributed by atoms with Crippen LogP contribution in [0.15, 0.2) is 30.4 Å². The van der Waals surface area contributed by atoms with E-state index in [1.54, 1.807) is 0 Å². The molecule has 2 aliphatic carbocycles. The van der Waals surface area contributed by atoms with Gasteiger partial charge in [0.15, 0.2) is 0 Å². The van der Waals surface area contributed by atoms with Gasteiger partial charge in [0.1, 0.15) is 0 Å². The van der Waals surface area contributed by atoms with Gasteiger partial charge in [-0.15, -0.1) is 0 Å². The summed E-state index contributed by atoms with van der Waals surface area (Å²) < 4.78 is 0. The SMILES string of the molecule is Cc1cccc(NCN2C(=O)[C@H]3[C@H](C2=O)[C@H]2C=C[C@H]3C2)c1C. The number of likely N-dealkylation sites (tertiary alicyclic amines) is 1. The highest BCUT2D eigenvalue weighted by molar-refractivity contribution is 6.06. The van der Waals surface area contributed by atoms with E-state index in [0.29, 0.717) is 0 Å². The zero-order chi connectivity index (χ0) is 15.4. The fraction of sp³-hybridized carbons (Fsp3) is 0.444. The molecule has 0 aromatic heterocycles. The molecule has 0 unspecified atom stereocenters. The molecule has 114 valence electrons. The molecular weight excluding hydrogens is 276 g/mol. The van der Waals surface area contributed by atoms with Gasteiger partial charge in [-0.3, -0.25) is 14.5 Å². The first-order chi connectivity index (χ1) is 10.6. The summed E-state index contributed by atoms with van der Waals surface area (Å²) in [7, 11) is 0. The van der Waals surface area contributed by atoms with Crippen LogP contribution in [0.1, 0.15) is 17.5 Å². The van der Waals surface area contributed by atoms with E-state index in [0.717, 1.165) is 17.7 Å². The van der Waals surface area contributed by atoms with Crippen LogP contribution in [-0.4, -0.2) is 23.4 Å². The third kappa shape index (κ3) is 1.76. The average molecular weight is 296 g/mol. The van der Waals surface area contributed by atoms with E-state index in [-0.39, 0.29) is 42.2 Å². The molecule has 4 atom stereocenters. The molecule has 1 aromatic carbocycles. The summed E-state index contributed by atoms with van der Waals surface area (Å²) in [5.41, 5.74) is 3.34. The van der Waals surface area contributed by atoms with E-state index >= 15 is 0 Å². The van der Waals surface area contributed by atoms with Crippen LogP contribution < -0.4 is 5.32 Å². The monoisotopic (exact) mass is 296 g/mol. The second kappa shape index (κ2) is 4.70. The number of hydrogen-bond donors (Lipinski definition) is 1. The van der Waals surface area contributed by atoms with Crippen molar-refractivity contribution in [1.29, 1.82) is 0 Å². The predicted molar refractivity (Wildman–Crippen MR) is 84.0 cm³/mol. The molecule has 1 aliphatic heterocycles. The number of imide groups is 1. The largest absolute Gasteiger partial charge is 0.367 e. The second-order valence-corrected chi connectivity index (χ2v) is 6.69. The van der Waals surface area contributed by atoms with Crippen LogP contribution in [0.25, 0.3) is 0 Å². The van der Waals surface area contributed by atoms with Crippen LogP contribution in [-0.2, 0) is 9.59 Å². The van der Waals surface area contributed by atoms with Crippen molar-refractivity contribution in [3.63, 3.8) is 0 Å². The number of fused-ring (bicyclic) bond motifs is 5. The Labute approximate surface area is 130 Å². The van der Waals surface area contributed by atoms with Gasteiger partial charge in [-0.2, -0.15) is 0 Å². The van der Waals surface area contributed by atoms with Crippen LogP contribution in [0, 0.1) is 37.5 Å². The number of hydrogen-bond acceptors (Lipinski definition) is 3. The Morgan fingerprint density at radius 2 is 1.73 bits per heavy atom. The molecule has 0 radical (unpaired) electrons. The van der Waals surface area contributed by atoms with Crippen molar-refractivity contribution in [3.8, 4) is 0 Å². The maximum absolute atomic E-state index is 12.6. The molecule has 1 saturated heterocycles. The number of aryl methyl sites for hydroxylation is 1. The molecule has 22 heavy (non-hydrogen) atoms. The summed E-state index contributed by atoms with van der Waals surface area (Å²) in [5.74, 6) is 0.342. The predicted octanol–water partition coefficient (Wildman–Crippen LogP) is 2.48. The fourth-order valence-electron chi connectivity index (χ4n) is 4.23. The number of anilines is 1. The number of carbonyl (C=O) groups is 2. The van der Waals surface area contributed by atoms with E-state index in [9.17, 15) is 9.59 Å². The van der Waals surface area contributed by atoms with Crippen molar-refractivity contribution in [2.75, 3.05) is 12.0 Å². The minimum absolute atomic E-state index is 0.00431. The highest BCUT2D eigenvalue weighted by atomic mass is 16.2. The molecule has 2 fully saturated rings. The van der Waals surface area contributed by atoms with E-state index in [2.05, 4.69) is 30.5 Å². The van der Waals surface area contributed by atoms with Crippen molar-refractivity contribution in [2.45, 2.75) is 20.3 Å². The van der Waals surface area contributed by atoms with Gasteiger partial charge in [0.2, 0.25) is 11.8 Å². The average Bonchev–Trinajstić information content (AvgIpc) is 3.17. The van der Waals surface area contributed by atoms with E-state index in [1.165, 1.54) is 10.5 Å². The van der Waals surface area contributed by atoms with Crippen LogP contribution in [0.5, 0.6) is 0 Å². The normalized spacial score (nSPS) is 32.0. The quantitative estimate of drug-likeness (QED) is 0.688. The molecule has 1 saturated carbocycles. The van der Waals surface area contributed by atoms with Gasteiger partial charge < -0.3 is 5.32 Å². The van der Waals surface area contributed by atoms with Gasteiger partial charge in [0, 0.05) is 5.69 Å². The number of allylic oxidation sites excluding steroid dienone is 2. The molecule has 4 nitrogen and oxygen atoms in total. The molecule has 4 rings (SSSR count). The Balaban J connectivity index is 1.52. The Bertz CT molecular complexity index is 664. The number of nitrogens with zero attached hydrogens (tertiary/aromatic N) is 1. The minimum atomic E-state index is -0.108. The van der Waals surface area contributed by atoms with E-state index in [1.807, 2.05) is 19.1 Å². The van der Waals surface area contributed by atoms with Crippen molar-refractivity contribution in [3.05, 3.63) is 41.5 Å². The fourth-order valence-corrected chi connectivity index (χ4v) is 4.23. The lowest BCUT2D eigenvalue weighted by atomic mass is 9.85. The molecular formula is C18H20N2O2. The Morgan fingerprint density at radius 1 is 1.09 bits per heavy atom. The molecule has 4 heteroatoms. The van der Waals surface area contributed by atoms with E-state index < -0.39 is 0 Å². The van der Waals surface area contributed by atoms with Gasteiger partial charge in [-0.25, -0.2) is 0 Å². The van der Waals surface area contributed by atoms with Gasteiger partial charge in [-0.1, -0.05) is 24.3 Å². The molecule has 1 N–H and O–H groups in total. The molecule has 2 amide bonds. The third-order valence-electron chi connectivity index (χ3n) is 5.59. The maximum atomic E-state index is 12.6. The molecule has 1 aromatic rings. The zero-order valence-electron chi connectivity index (χ0n) is 12.9. The lowest BCUT2D eigenvalue weighted by molar-refractivity contribution is -0.140. The van der Waals surface area contributed by atoms with Gasteiger partial charge in [0.25, 0.3) is 0 Å². The highest BCUT2D eigenvalue weighted by Gasteiger charge is 2.59. The van der Waals surface area contributed by atoms with Gasteiger partial charge in [-0.05, 0) is 49.3 Å². The van der Waals surface area contributed by atoms with Crippen LogP contribution in [0.2, 0.25) is 0 Å². The molecule has 2 bridgehead atoms. The number of benzene rings is 1. The van der Waals surface area contributed by atoms with Crippen LogP contribution in [0.4, 0.5) is 5.69 Å². The highest BCUT2D eigenvalue weighted by Crippen LogP contribution is 2.52. The second-order valence-electron chi connectivity index (χ2n) is 6.69. The summed E-state index contributed by atoms with van der Waals surface area (Å²) >= 11 is 0. The number of nitrogens with one attached hydrogen (secondary N) is 1. The summed E-state index contributed by atoms with van der Waals surface area (Å²) in [6.07, 6.45) is 5.22. The topological polar surface area (TPSA) is 49.4 Å². The minimum Gasteiger partial charge on any atom is -0.367 e. The molecule has 3 aliphatic rings. The van der Waals surface area contributed by atoms with Crippen LogP contribution >= 0.6 is 0 Å². The summed E-state index contributed by atoms with van der Waals surface area (Å²) in [6, 6.07) is 6.02. The van der Waals surface area contributed by atoms with Gasteiger partial charge in [0.05, 0.1) is 18.5 Å². The zero-order valence-corrected chi connectivity index (χ0v) is 12.9. The standard InChI is InChI=1S/C18H20N2O2/c1-10-4-3-5-14(11(10)2)19-9-20-17(21)15-12-6-7-13(8-12)16(15)18(20)22/h3-7,12-13,15-16,19H,8-9H2,1-2H3/t12-,13-,15+,16+/m0/s1. The first-order valence-corrected chi connectivity index (χ1v) is 7.91. The smallest absolute Gasteiger partial charge is 0.235 e. The number of carbonyl (C=O) groups excluding carboxylic acids is 2. The summed E-state index contributed by atoms with van der Waals surface area (Å²) in [5, 5.41) is 3.26. The maximum Gasteiger partial charge on any atom is 0.235 e. The lowest BCUT2D eigenvalue weighted by Gasteiger charge is -2.19. The first-order valence-electron chi connectivity index (χ1n) is 7.91. The van der Waals surface area contributed by atoms with Crippen molar-refractivity contribution < 1.29 is 9.59 Å². The Morgan fingerprint density at radius 3 is 2.36 bits per heavy atom. The van der Waals surface area contributed by atoms with Crippen LogP contribution in [0.3, 0.4) is 0 Å². The summed E-state index contributed by atoms with van der Waals surface area (Å²) in [6.45, 7) is 4.37. The number of amides is 2. The Hall–Kier alpha value is -2.10. The van der Waals surface area contributed by atoms with E-state index in [4.69, 9.17) is 0 Å². The lowest BCUT2D eigenvalue weighted by Crippen LogP contribution is -2.37. The first kappa shape index (κ1) is 13.6.